The Bertz CT molecular complexity index is 434. The fraction of sp³-hybridized carbons (Fsp3) is 0.533. The summed E-state index contributed by atoms with van der Waals surface area (Å²) in [6, 6.07) is 4.76. The van der Waals surface area contributed by atoms with Gasteiger partial charge in [0.1, 0.15) is 5.82 Å². The normalized spacial score (nSPS) is 11.0. The Hall–Kier alpha value is -0.560. The van der Waals surface area contributed by atoms with Gasteiger partial charge in [0, 0.05) is 37.8 Å². The highest BCUT2D eigenvalue weighted by Crippen LogP contribution is 2.18. The third-order valence-corrected chi connectivity index (χ3v) is 3.49. The minimum atomic E-state index is -0.256. The molecule has 1 aromatic carbocycles. The Balaban J connectivity index is 0.00000400. The average molecular weight is 428 g/mol. The summed E-state index contributed by atoms with van der Waals surface area (Å²) in [7, 11) is 3.75. The fourth-order valence-electron chi connectivity index (χ4n) is 1.96. The van der Waals surface area contributed by atoms with Gasteiger partial charge in [-0.25, -0.2) is 4.39 Å². The molecule has 0 bridgehead atoms. The number of unbranched alkanes of at least 4 members (excludes halogenated alkanes) is 1. The van der Waals surface area contributed by atoms with Crippen molar-refractivity contribution in [2.75, 3.05) is 27.2 Å². The van der Waals surface area contributed by atoms with Gasteiger partial charge in [-0.15, -0.1) is 24.0 Å². The Morgan fingerprint density at radius 2 is 2.14 bits per heavy atom. The van der Waals surface area contributed by atoms with Crippen LogP contribution in [0, 0.1) is 5.82 Å². The summed E-state index contributed by atoms with van der Waals surface area (Å²) in [6.45, 7) is 3.71. The number of halogens is 3. The molecule has 21 heavy (non-hydrogen) atoms. The smallest absolute Gasteiger partial charge is 0.193 e. The number of rotatable bonds is 6. The van der Waals surface area contributed by atoms with E-state index in [2.05, 4.69) is 22.1 Å². The van der Waals surface area contributed by atoms with Crippen LogP contribution in [0.15, 0.2) is 23.2 Å². The predicted octanol–water partition coefficient (Wildman–Crippen LogP) is 3.95. The number of nitrogens with one attached hydrogen (secondary N) is 1. The zero-order chi connectivity index (χ0) is 15.0. The summed E-state index contributed by atoms with van der Waals surface area (Å²) in [5.74, 6) is 0.569. The van der Waals surface area contributed by atoms with Gasteiger partial charge in [-0.1, -0.05) is 31.0 Å². The van der Waals surface area contributed by atoms with Crippen LogP contribution in [0.25, 0.3) is 0 Å². The Kier molecular flexibility index (Phi) is 10.8. The van der Waals surface area contributed by atoms with Gasteiger partial charge in [-0.2, -0.15) is 0 Å². The molecule has 0 spiro atoms. The molecule has 0 aliphatic carbocycles. The van der Waals surface area contributed by atoms with Crippen LogP contribution in [-0.4, -0.2) is 38.0 Å². The molecule has 0 heterocycles. The van der Waals surface area contributed by atoms with Gasteiger partial charge >= 0.3 is 0 Å². The molecule has 1 rings (SSSR count). The predicted molar refractivity (Wildman–Crippen MR) is 99.4 cm³/mol. The van der Waals surface area contributed by atoms with Crippen molar-refractivity contribution in [2.24, 2.45) is 4.99 Å². The standard InChI is InChI=1S/C15H23ClFN3.HI/c1-4-5-11-20(3)15(18-2)19-10-9-12-13(16)7-6-8-14(12)17;/h6-8H,4-5,9-11H2,1-3H3,(H,18,19);1H. The molecule has 0 amide bonds. The monoisotopic (exact) mass is 427 g/mol. The first kappa shape index (κ1) is 20.4. The average Bonchev–Trinajstić information content (AvgIpc) is 2.43. The molecule has 0 saturated carbocycles. The van der Waals surface area contributed by atoms with Crippen molar-refractivity contribution >= 4 is 41.5 Å². The quantitative estimate of drug-likeness (QED) is 0.423. The van der Waals surface area contributed by atoms with E-state index in [-0.39, 0.29) is 29.8 Å². The van der Waals surface area contributed by atoms with Crippen molar-refractivity contribution in [3.8, 4) is 0 Å². The molecule has 0 unspecified atom stereocenters. The number of nitrogens with zero attached hydrogens (tertiary/aromatic N) is 2. The molecule has 0 aromatic heterocycles. The van der Waals surface area contributed by atoms with Crippen LogP contribution in [-0.2, 0) is 6.42 Å². The Morgan fingerprint density at radius 1 is 1.43 bits per heavy atom. The molecule has 0 fully saturated rings. The van der Waals surface area contributed by atoms with E-state index in [0.717, 1.165) is 25.3 Å². The van der Waals surface area contributed by atoms with Gasteiger partial charge in [-0.05, 0) is 25.0 Å². The number of guanidine groups is 1. The van der Waals surface area contributed by atoms with Crippen molar-refractivity contribution in [3.63, 3.8) is 0 Å². The van der Waals surface area contributed by atoms with Crippen molar-refractivity contribution in [3.05, 3.63) is 34.6 Å². The van der Waals surface area contributed by atoms with Gasteiger partial charge in [-0.3, -0.25) is 4.99 Å². The first-order chi connectivity index (χ1) is 9.60. The lowest BCUT2D eigenvalue weighted by Crippen LogP contribution is -2.40. The fourth-order valence-corrected chi connectivity index (χ4v) is 2.21. The summed E-state index contributed by atoms with van der Waals surface area (Å²) in [6.07, 6.45) is 2.80. The Morgan fingerprint density at radius 3 is 2.71 bits per heavy atom. The molecule has 1 N–H and O–H groups in total. The van der Waals surface area contributed by atoms with Crippen LogP contribution in [0.2, 0.25) is 5.02 Å². The maximum absolute atomic E-state index is 13.6. The maximum Gasteiger partial charge on any atom is 0.193 e. The second-order valence-electron chi connectivity index (χ2n) is 4.70. The summed E-state index contributed by atoms with van der Waals surface area (Å²) >= 11 is 6.00. The third-order valence-electron chi connectivity index (χ3n) is 3.14. The van der Waals surface area contributed by atoms with Crippen LogP contribution < -0.4 is 5.32 Å². The summed E-state index contributed by atoms with van der Waals surface area (Å²) < 4.78 is 13.6. The van der Waals surface area contributed by atoms with Crippen molar-refractivity contribution in [1.29, 1.82) is 0 Å². The van der Waals surface area contributed by atoms with E-state index in [1.165, 1.54) is 6.07 Å². The van der Waals surface area contributed by atoms with Gasteiger partial charge in [0.05, 0.1) is 0 Å². The lowest BCUT2D eigenvalue weighted by atomic mass is 10.1. The lowest BCUT2D eigenvalue weighted by molar-refractivity contribution is 0.465. The van der Waals surface area contributed by atoms with Gasteiger partial charge in [0.15, 0.2) is 5.96 Å². The van der Waals surface area contributed by atoms with Crippen LogP contribution in [0.1, 0.15) is 25.3 Å². The summed E-state index contributed by atoms with van der Waals surface area (Å²) in [5, 5.41) is 3.70. The first-order valence-corrected chi connectivity index (χ1v) is 7.32. The minimum Gasteiger partial charge on any atom is -0.356 e. The van der Waals surface area contributed by atoms with Crippen LogP contribution in [0.4, 0.5) is 4.39 Å². The molecular weight excluding hydrogens is 404 g/mol. The highest BCUT2D eigenvalue weighted by atomic mass is 127. The first-order valence-electron chi connectivity index (χ1n) is 6.94. The molecule has 0 atom stereocenters. The second-order valence-corrected chi connectivity index (χ2v) is 5.11. The molecular formula is C15H24ClFIN3. The number of benzene rings is 1. The van der Waals surface area contributed by atoms with Gasteiger partial charge in [0.25, 0.3) is 0 Å². The van der Waals surface area contributed by atoms with Gasteiger partial charge in [0.2, 0.25) is 0 Å². The number of aliphatic imine (C=N–C) groups is 1. The largest absolute Gasteiger partial charge is 0.356 e. The molecule has 3 nitrogen and oxygen atoms in total. The molecule has 6 heteroatoms. The van der Waals surface area contributed by atoms with Crippen LogP contribution in [0.3, 0.4) is 0 Å². The SMILES string of the molecule is CCCCN(C)C(=NC)NCCc1c(F)cccc1Cl.I. The third kappa shape index (κ3) is 6.82. The second kappa shape index (κ2) is 11.1. The molecule has 120 valence electrons. The van der Waals surface area contributed by atoms with Crippen LogP contribution in [0.5, 0.6) is 0 Å². The van der Waals surface area contributed by atoms with E-state index in [1.807, 2.05) is 7.05 Å². The topological polar surface area (TPSA) is 27.6 Å². The molecule has 0 radical (unpaired) electrons. The number of hydrogen-bond acceptors (Lipinski definition) is 1. The van der Waals surface area contributed by atoms with Crippen molar-refractivity contribution < 1.29 is 4.39 Å². The number of hydrogen-bond donors (Lipinski definition) is 1. The summed E-state index contributed by atoms with van der Waals surface area (Å²) in [4.78, 5) is 6.30. The van der Waals surface area contributed by atoms with E-state index in [9.17, 15) is 4.39 Å². The van der Waals surface area contributed by atoms with Crippen molar-refractivity contribution in [1.82, 2.24) is 10.2 Å². The molecule has 0 saturated heterocycles. The van der Waals surface area contributed by atoms with E-state index in [4.69, 9.17) is 11.6 Å². The van der Waals surface area contributed by atoms with E-state index >= 15 is 0 Å². The van der Waals surface area contributed by atoms with E-state index in [0.29, 0.717) is 23.6 Å². The zero-order valence-electron chi connectivity index (χ0n) is 12.8. The lowest BCUT2D eigenvalue weighted by Gasteiger charge is -2.22. The molecule has 1 aromatic rings. The van der Waals surface area contributed by atoms with Gasteiger partial charge < -0.3 is 10.2 Å². The summed E-state index contributed by atoms with van der Waals surface area (Å²) in [5.41, 5.74) is 0.549. The van der Waals surface area contributed by atoms with E-state index in [1.54, 1.807) is 19.2 Å². The molecule has 0 aliphatic heterocycles. The Labute approximate surface area is 149 Å². The maximum atomic E-state index is 13.6. The van der Waals surface area contributed by atoms with E-state index < -0.39 is 0 Å². The zero-order valence-corrected chi connectivity index (χ0v) is 15.9. The highest BCUT2D eigenvalue weighted by molar-refractivity contribution is 14.0. The minimum absolute atomic E-state index is 0. The molecule has 0 aliphatic rings. The van der Waals surface area contributed by atoms with Crippen LogP contribution >= 0.6 is 35.6 Å². The highest BCUT2D eigenvalue weighted by Gasteiger charge is 2.08. The van der Waals surface area contributed by atoms with Crippen molar-refractivity contribution in [2.45, 2.75) is 26.2 Å².